The summed E-state index contributed by atoms with van der Waals surface area (Å²) in [7, 11) is 1.76. The smallest absolute Gasteiger partial charge is 0.0587 e. The van der Waals surface area contributed by atoms with Crippen LogP contribution < -0.4 is 5.32 Å². The second-order valence-electron chi connectivity index (χ2n) is 6.70. The zero-order valence-electron chi connectivity index (χ0n) is 13.5. The molecule has 1 aromatic rings. The Labute approximate surface area is 123 Å². The third kappa shape index (κ3) is 4.07. The Kier molecular flexibility index (Phi) is 5.22. The van der Waals surface area contributed by atoms with Crippen molar-refractivity contribution in [3.05, 3.63) is 34.9 Å². The van der Waals surface area contributed by atoms with Crippen molar-refractivity contribution in [2.24, 2.45) is 11.3 Å². The molecule has 0 bridgehead atoms. The molecule has 1 atom stereocenters. The van der Waals surface area contributed by atoms with Crippen molar-refractivity contribution in [2.75, 3.05) is 26.8 Å². The van der Waals surface area contributed by atoms with Crippen LogP contribution in [0.4, 0.5) is 0 Å². The monoisotopic (exact) mass is 275 g/mol. The van der Waals surface area contributed by atoms with Gasteiger partial charge in [-0.15, -0.1) is 0 Å². The van der Waals surface area contributed by atoms with Gasteiger partial charge in [0.05, 0.1) is 6.61 Å². The number of methoxy groups -OCH3 is 1. The highest BCUT2D eigenvalue weighted by atomic mass is 16.5. The summed E-state index contributed by atoms with van der Waals surface area (Å²) in [5, 5.41) is 3.58. The Morgan fingerprint density at radius 3 is 2.70 bits per heavy atom. The largest absolute Gasteiger partial charge is 0.383 e. The van der Waals surface area contributed by atoms with E-state index in [1.54, 1.807) is 7.11 Å². The van der Waals surface area contributed by atoms with E-state index in [0.29, 0.717) is 5.41 Å². The van der Waals surface area contributed by atoms with Crippen molar-refractivity contribution in [2.45, 2.75) is 40.0 Å². The van der Waals surface area contributed by atoms with Gasteiger partial charge in [-0.2, -0.15) is 0 Å². The molecule has 0 amide bonds. The van der Waals surface area contributed by atoms with Crippen LogP contribution in [0.15, 0.2) is 18.2 Å². The molecule has 0 heterocycles. The van der Waals surface area contributed by atoms with Crippen LogP contribution in [-0.4, -0.2) is 26.8 Å². The van der Waals surface area contributed by atoms with Crippen LogP contribution in [0.2, 0.25) is 0 Å². The predicted molar refractivity (Wildman–Crippen MR) is 85.2 cm³/mol. The molecule has 2 rings (SSSR count). The maximum atomic E-state index is 5.12. The quantitative estimate of drug-likeness (QED) is 0.733. The van der Waals surface area contributed by atoms with Gasteiger partial charge in [0.25, 0.3) is 0 Å². The number of nitrogens with one attached hydrogen (secondary N) is 1. The summed E-state index contributed by atoms with van der Waals surface area (Å²) in [6, 6.07) is 6.84. The van der Waals surface area contributed by atoms with E-state index < -0.39 is 0 Å². The van der Waals surface area contributed by atoms with Crippen molar-refractivity contribution >= 4 is 0 Å². The molecule has 112 valence electrons. The zero-order chi connectivity index (χ0) is 14.6. The van der Waals surface area contributed by atoms with Crippen LogP contribution in [-0.2, 0) is 11.2 Å². The molecular weight excluding hydrogens is 246 g/mol. The van der Waals surface area contributed by atoms with Crippen LogP contribution in [0.1, 0.15) is 36.5 Å². The van der Waals surface area contributed by atoms with Crippen molar-refractivity contribution in [3.8, 4) is 0 Å². The van der Waals surface area contributed by atoms with Crippen LogP contribution in [0.25, 0.3) is 0 Å². The molecular formula is C18H29NO. The molecule has 20 heavy (non-hydrogen) atoms. The lowest BCUT2D eigenvalue weighted by Crippen LogP contribution is -2.37. The molecule has 0 aromatic heterocycles. The van der Waals surface area contributed by atoms with Gasteiger partial charge in [0.1, 0.15) is 0 Å². The maximum Gasteiger partial charge on any atom is 0.0587 e. The Morgan fingerprint density at radius 2 is 2.05 bits per heavy atom. The lowest BCUT2D eigenvalue weighted by atomic mass is 9.77. The fraction of sp³-hybridized carbons (Fsp3) is 0.667. The molecule has 2 heteroatoms. The van der Waals surface area contributed by atoms with Crippen molar-refractivity contribution in [1.82, 2.24) is 5.32 Å². The van der Waals surface area contributed by atoms with Crippen LogP contribution >= 0.6 is 0 Å². The number of aryl methyl sites for hydroxylation is 2. The Hall–Kier alpha value is -0.860. The normalized spacial score (nSPS) is 18.0. The lowest BCUT2D eigenvalue weighted by Gasteiger charge is -2.31. The van der Waals surface area contributed by atoms with E-state index in [4.69, 9.17) is 4.74 Å². The molecule has 1 aromatic carbocycles. The molecule has 1 unspecified atom stereocenters. The van der Waals surface area contributed by atoms with Gasteiger partial charge in [0.2, 0.25) is 0 Å². The SMILES string of the molecule is COCCNCC(C)(Cc1cc(C)ccc1C)C1CC1. The average molecular weight is 275 g/mol. The summed E-state index contributed by atoms with van der Waals surface area (Å²) in [4.78, 5) is 0. The standard InChI is InChI=1S/C18H29NO/c1-14-5-6-15(2)16(11-14)12-18(3,17-7-8-17)13-19-9-10-20-4/h5-6,11,17,19H,7-10,12-13H2,1-4H3. The minimum absolute atomic E-state index is 0.381. The second-order valence-corrected chi connectivity index (χ2v) is 6.70. The first-order valence-corrected chi connectivity index (χ1v) is 7.81. The Bertz CT molecular complexity index is 439. The highest BCUT2D eigenvalue weighted by Crippen LogP contribution is 2.47. The Morgan fingerprint density at radius 1 is 1.30 bits per heavy atom. The molecule has 1 N–H and O–H groups in total. The van der Waals surface area contributed by atoms with Crippen molar-refractivity contribution in [3.63, 3.8) is 0 Å². The van der Waals surface area contributed by atoms with Crippen molar-refractivity contribution < 1.29 is 4.74 Å². The van der Waals surface area contributed by atoms with Gasteiger partial charge in [-0.05, 0) is 55.6 Å². The van der Waals surface area contributed by atoms with Gasteiger partial charge in [-0.25, -0.2) is 0 Å². The third-order valence-corrected chi connectivity index (χ3v) is 4.67. The molecule has 1 fully saturated rings. The number of benzene rings is 1. The maximum absolute atomic E-state index is 5.12. The van der Waals surface area contributed by atoms with Gasteiger partial charge in [0.15, 0.2) is 0 Å². The molecule has 0 radical (unpaired) electrons. The summed E-state index contributed by atoms with van der Waals surface area (Å²) in [6.45, 7) is 9.71. The van der Waals surface area contributed by atoms with E-state index in [0.717, 1.165) is 25.6 Å². The van der Waals surface area contributed by atoms with Gasteiger partial charge in [-0.3, -0.25) is 0 Å². The Balaban J connectivity index is 2.02. The predicted octanol–water partition coefficient (Wildman–Crippen LogP) is 3.50. The molecule has 2 nitrogen and oxygen atoms in total. The fourth-order valence-corrected chi connectivity index (χ4v) is 3.11. The topological polar surface area (TPSA) is 21.3 Å². The number of hydrogen-bond acceptors (Lipinski definition) is 2. The molecule has 1 aliphatic rings. The second kappa shape index (κ2) is 6.73. The minimum atomic E-state index is 0.381. The highest BCUT2D eigenvalue weighted by molar-refractivity contribution is 5.31. The summed E-state index contributed by atoms with van der Waals surface area (Å²) < 4.78 is 5.12. The first-order valence-electron chi connectivity index (χ1n) is 7.81. The van der Waals surface area contributed by atoms with E-state index in [1.807, 2.05) is 0 Å². The third-order valence-electron chi connectivity index (χ3n) is 4.67. The first kappa shape index (κ1) is 15.5. The number of rotatable bonds is 8. The molecule has 0 saturated heterocycles. The fourth-order valence-electron chi connectivity index (χ4n) is 3.11. The summed E-state index contributed by atoms with van der Waals surface area (Å²) in [5.41, 5.74) is 4.70. The summed E-state index contributed by atoms with van der Waals surface area (Å²) in [5.74, 6) is 0.887. The van der Waals surface area contributed by atoms with E-state index >= 15 is 0 Å². The van der Waals surface area contributed by atoms with Crippen LogP contribution in [0, 0.1) is 25.2 Å². The summed E-state index contributed by atoms with van der Waals surface area (Å²) >= 11 is 0. The van der Waals surface area contributed by atoms with Gasteiger partial charge >= 0.3 is 0 Å². The van der Waals surface area contributed by atoms with Crippen molar-refractivity contribution in [1.29, 1.82) is 0 Å². The van der Waals surface area contributed by atoms with E-state index in [9.17, 15) is 0 Å². The summed E-state index contributed by atoms with van der Waals surface area (Å²) in [6.07, 6.45) is 3.98. The van der Waals surface area contributed by atoms with Crippen LogP contribution in [0.5, 0.6) is 0 Å². The average Bonchev–Trinajstić information content (AvgIpc) is 3.24. The van der Waals surface area contributed by atoms with E-state index in [-0.39, 0.29) is 0 Å². The lowest BCUT2D eigenvalue weighted by molar-refractivity contribution is 0.187. The van der Waals surface area contributed by atoms with Gasteiger partial charge in [0, 0.05) is 20.2 Å². The van der Waals surface area contributed by atoms with Gasteiger partial charge in [-0.1, -0.05) is 30.7 Å². The highest BCUT2D eigenvalue weighted by Gasteiger charge is 2.41. The molecule has 0 spiro atoms. The molecule has 0 aliphatic heterocycles. The molecule has 1 saturated carbocycles. The zero-order valence-corrected chi connectivity index (χ0v) is 13.5. The molecule has 1 aliphatic carbocycles. The van der Waals surface area contributed by atoms with E-state index in [1.165, 1.54) is 36.0 Å². The number of hydrogen-bond donors (Lipinski definition) is 1. The van der Waals surface area contributed by atoms with E-state index in [2.05, 4.69) is 44.3 Å². The minimum Gasteiger partial charge on any atom is -0.383 e. The first-order chi connectivity index (χ1) is 9.55. The van der Waals surface area contributed by atoms with Gasteiger partial charge < -0.3 is 10.1 Å². The van der Waals surface area contributed by atoms with Crippen LogP contribution in [0.3, 0.4) is 0 Å². The number of ether oxygens (including phenoxy) is 1.